The maximum atomic E-state index is 13.2. The molecule has 1 aromatic carbocycles. The quantitative estimate of drug-likeness (QED) is 0.433. The third kappa shape index (κ3) is 5.26. The average molecular weight is 515 g/mol. The van der Waals surface area contributed by atoms with E-state index in [9.17, 15) is 17.2 Å². The zero-order chi connectivity index (χ0) is 24.5. The van der Waals surface area contributed by atoms with E-state index in [4.69, 9.17) is 16.3 Å². The van der Waals surface area contributed by atoms with E-state index in [0.29, 0.717) is 16.4 Å². The van der Waals surface area contributed by atoms with Crippen molar-refractivity contribution in [3.05, 3.63) is 47.5 Å². The van der Waals surface area contributed by atoms with E-state index in [1.807, 2.05) is 0 Å². The largest absolute Gasteiger partial charge is 0.435 e. The van der Waals surface area contributed by atoms with Crippen LogP contribution in [-0.2, 0) is 14.8 Å². The summed E-state index contributed by atoms with van der Waals surface area (Å²) < 4.78 is 65.6. The van der Waals surface area contributed by atoms with Crippen molar-refractivity contribution in [3.63, 3.8) is 0 Å². The Morgan fingerprint density at radius 2 is 1.91 bits per heavy atom. The van der Waals surface area contributed by atoms with E-state index in [0.717, 1.165) is 12.8 Å². The second-order valence-electron chi connectivity index (χ2n) is 7.62. The minimum absolute atomic E-state index is 0.0106. The third-order valence-electron chi connectivity index (χ3n) is 5.22. The number of halogens is 3. The molecule has 4 rings (SSSR count). The lowest BCUT2D eigenvalue weighted by Gasteiger charge is -2.22. The number of sulfonamides is 1. The molecule has 0 saturated heterocycles. The molecular weight excluding hydrogens is 494 g/mol. The van der Waals surface area contributed by atoms with Gasteiger partial charge in [-0.15, -0.1) is 10.2 Å². The van der Waals surface area contributed by atoms with Crippen LogP contribution in [-0.4, -0.2) is 52.1 Å². The minimum Gasteiger partial charge on any atom is -0.435 e. The van der Waals surface area contributed by atoms with Crippen molar-refractivity contribution >= 4 is 27.6 Å². The van der Waals surface area contributed by atoms with Gasteiger partial charge in [-0.25, -0.2) is 18.4 Å². The fourth-order valence-corrected chi connectivity index (χ4v) is 4.64. The van der Waals surface area contributed by atoms with Crippen molar-refractivity contribution in [2.75, 3.05) is 11.8 Å². The van der Waals surface area contributed by atoms with Gasteiger partial charge in [0.1, 0.15) is 17.1 Å². The van der Waals surface area contributed by atoms with E-state index in [2.05, 4.69) is 29.6 Å². The van der Waals surface area contributed by atoms with Gasteiger partial charge >= 0.3 is 6.61 Å². The van der Waals surface area contributed by atoms with Gasteiger partial charge in [-0.1, -0.05) is 23.7 Å². The van der Waals surface area contributed by atoms with Gasteiger partial charge in [0.25, 0.3) is 0 Å². The molecule has 1 saturated carbocycles. The number of methoxy groups -OCH3 is 1. The van der Waals surface area contributed by atoms with Crippen LogP contribution in [0.2, 0.25) is 5.02 Å². The molecule has 1 fully saturated rings. The van der Waals surface area contributed by atoms with Crippen LogP contribution < -0.4 is 9.46 Å². The maximum Gasteiger partial charge on any atom is 0.387 e. The Hall–Kier alpha value is -2.90. The molecule has 0 aliphatic heterocycles. The number of anilines is 1. The summed E-state index contributed by atoms with van der Waals surface area (Å²) in [5.74, 6) is 0.456. The normalized spacial score (nSPS) is 15.8. The monoisotopic (exact) mass is 514 g/mol. The Bertz CT molecular complexity index is 1250. The van der Waals surface area contributed by atoms with Crippen LogP contribution in [0.15, 0.2) is 36.7 Å². The van der Waals surface area contributed by atoms with E-state index in [1.165, 1.54) is 38.6 Å². The molecule has 0 amide bonds. The second-order valence-corrected chi connectivity index (χ2v) is 10.1. The standard InChI is InChI=1S/C20H21ClF2N6O4S/c1-11(16(32-2)17-24-9-13(21)10-25-17)34(30,31)28-20-27-26-18(29(20)14-6-7-14)12-4-3-5-15(8-12)33-19(22)23/h3-5,8-11,14,16,19H,6-7H2,1-2H3,(H,27,28). The van der Waals surface area contributed by atoms with Gasteiger partial charge < -0.3 is 9.47 Å². The predicted molar refractivity (Wildman–Crippen MR) is 119 cm³/mol. The van der Waals surface area contributed by atoms with Crippen LogP contribution in [0.4, 0.5) is 14.7 Å². The highest BCUT2D eigenvalue weighted by molar-refractivity contribution is 7.93. The van der Waals surface area contributed by atoms with Crippen molar-refractivity contribution in [3.8, 4) is 17.1 Å². The highest BCUT2D eigenvalue weighted by Crippen LogP contribution is 2.41. The molecule has 2 heterocycles. The fraction of sp³-hybridized carbons (Fsp3) is 0.400. The lowest BCUT2D eigenvalue weighted by Crippen LogP contribution is -2.33. The average Bonchev–Trinajstić information content (AvgIpc) is 3.55. The number of alkyl halides is 2. The molecular formula is C20H21ClF2N6O4S. The van der Waals surface area contributed by atoms with Crippen LogP contribution in [0.25, 0.3) is 11.4 Å². The van der Waals surface area contributed by atoms with Crippen molar-refractivity contribution in [2.24, 2.45) is 0 Å². The number of nitrogens with zero attached hydrogens (tertiary/aromatic N) is 5. The van der Waals surface area contributed by atoms with Crippen LogP contribution in [0.1, 0.15) is 37.7 Å². The van der Waals surface area contributed by atoms with Gasteiger partial charge in [0.15, 0.2) is 11.6 Å². The lowest BCUT2D eigenvalue weighted by molar-refractivity contribution is -0.0498. The molecule has 14 heteroatoms. The molecule has 2 aromatic heterocycles. The summed E-state index contributed by atoms with van der Waals surface area (Å²) in [5, 5.41) is 7.35. The van der Waals surface area contributed by atoms with Gasteiger partial charge in [-0.2, -0.15) is 8.78 Å². The molecule has 3 aromatic rings. The molecule has 1 aliphatic carbocycles. The molecule has 0 radical (unpaired) electrons. The smallest absolute Gasteiger partial charge is 0.387 e. The predicted octanol–water partition coefficient (Wildman–Crippen LogP) is 3.84. The second kappa shape index (κ2) is 9.76. The summed E-state index contributed by atoms with van der Waals surface area (Å²) in [6, 6.07) is 5.95. The summed E-state index contributed by atoms with van der Waals surface area (Å²) in [7, 11) is -2.68. The molecule has 2 unspecified atom stereocenters. The van der Waals surface area contributed by atoms with Gasteiger partial charge in [-0.05, 0) is 31.9 Å². The van der Waals surface area contributed by atoms with E-state index in [-0.39, 0.29) is 23.6 Å². The first kappa shape index (κ1) is 24.2. The van der Waals surface area contributed by atoms with Crippen molar-refractivity contribution in [1.82, 2.24) is 24.7 Å². The molecule has 182 valence electrons. The molecule has 0 spiro atoms. The number of hydrogen-bond donors (Lipinski definition) is 1. The van der Waals surface area contributed by atoms with Gasteiger partial charge in [-0.3, -0.25) is 9.29 Å². The van der Waals surface area contributed by atoms with Gasteiger partial charge in [0, 0.05) is 31.1 Å². The van der Waals surface area contributed by atoms with Gasteiger partial charge in [0.05, 0.1) is 5.02 Å². The molecule has 0 bridgehead atoms. The molecule has 1 aliphatic rings. The Morgan fingerprint density at radius 1 is 1.21 bits per heavy atom. The number of benzene rings is 1. The van der Waals surface area contributed by atoms with Crippen LogP contribution >= 0.6 is 11.6 Å². The minimum atomic E-state index is -4.04. The highest BCUT2D eigenvalue weighted by atomic mass is 35.5. The SMILES string of the molecule is COC(c1ncc(Cl)cn1)C(C)S(=O)(=O)Nc1nnc(-c2cccc(OC(F)F)c2)n1C1CC1. The van der Waals surface area contributed by atoms with Gasteiger partial charge in [0.2, 0.25) is 16.0 Å². The summed E-state index contributed by atoms with van der Waals surface area (Å²) in [6.07, 6.45) is 3.31. The number of rotatable bonds is 10. The van der Waals surface area contributed by atoms with Crippen molar-refractivity contribution in [1.29, 1.82) is 0 Å². The summed E-state index contributed by atoms with van der Waals surface area (Å²) >= 11 is 5.82. The highest BCUT2D eigenvalue weighted by Gasteiger charge is 2.36. The van der Waals surface area contributed by atoms with Crippen LogP contribution in [0, 0.1) is 0 Å². The Kier molecular flexibility index (Phi) is 6.96. The van der Waals surface area contributed by atoms with Crippen LogP contribution in [0.3, 0.4) is 0 Å². The summed E-state index contributed by atoms with van der Waals surface area (Å²) in [6.45, 7) is -1.52. The number of nitrogens with one attached hydrogen (secondary N) is 1. The van der Waals surface area contributed by atoms with Crippen molar-refractivity contribution < 1.29 is 26.7 Å². The summed E-state index contributed by atoms with van der Waals surface area (Å²) in [4.78, 5) is 8.12. The Labute approximate surface area is 199 Å². The van der Waals surface area contributed by atoms with Crippen molar-refractivity contribution in [2.45, 2.75) is 43.8 Å². The first-order valence-corrected chi connectivity index (χ1v) is 12.1. The first-order chi connectivity index (χ1) is 16.2. The molecule has 10 nitrogen and oxygen atoms in total. The number of hydrogen-bond acceptors (Lipinski definition) is 8. The van der Waals surface area contributed by atoms with Crippen LogP contribution in [0.5, 0.6) is 5.75 Å². The maximum absolute atomic E-state index is 13.2. The molecule has 1 N–H and O–H groups in total. The lowest BCUT2D eigenvalue weighted by atomic mass is 10.2. The Morgan fingerprint density at radius 3 is 2.53 bits per heavy atom. The van der Waals surface area contributed by atoms with E-state index >= 15 is 0 Å². The Balaban J connectivity index is 1.63. The first-order valence-electron chi connectivity index (χ1n) is 10.2. The van der Waals surface area contributed by atoms with E-state index in [1.54, 1.807) is 16.7 Å². The van der Waals surface area contributed by atoms with E-state index < -0.39 is 28.0 Å². The zero-order valence-electron chi connectivity index (χ0n) is 18.1. The molecule has 2 atom stereocenters. The molecule has 34 heavy (non-hydrogen) atoms. The topological polar surface area (TPSA) is 121 Å². The number of aromatic nitrogens is 5. The third-order valence-corrected chi connectivity index (χ3v) is 7.11. The fourth-order valence-electron chi connectivity index (χ4n) is 3.41. The zero-order valence-corrected chi connectivity index (χ0v) is 19.7. The number of ether oxygens (including phenoxy) is 2. The summed E-state index contributed by atoms with van der Waals surface area (Å²) in [5.41, 5.74) is 0.459.